The number of hydrogen-bond donors (Lipinski definition) is 1. The summed E-state index contributed by atoms with van der Waals surface area (Å²) >= 11 is 1.48. The highest BCUT2D eigenvalue weighted by atomic mass is 32.1. The fraction of sp³-hybridized carbons (Fsp3) is 0.357. The molecule has 0 saturated carbocycles. The first-order valence-electron chi connectivity index (χ1n) is 6.82. The number of rotatable bonds is 5. The molecule has 0 fully saturated rings. The molecule has 0 aliphatic carbocycles. The Labute approximate surface area is 126 Å². The summed E-state index contributed by atoms with van der Waals surface area (Å²) in [6.07, 6.45) is 6.34. The Kier molecular flexibility index (Phi) is 3.74. The van der Waals surface area contributed by atoms with Gasteiger partial charge >= 0.3 is 0 Å². The number of nitrogens with one attached hydrogen (secondary N) is 1. The van der Waals surface area contributed by atoms with Gasteiger partial charge in [0.05, 0.1) is 16.9 Å². The number of hydrogen-bond acceptors (Lipinski definition) is 4. The Morgan fingerprint density at radius 3 is 3.05 bits per heavy atom. The third-order valence-electron chi connectivity index (χ3n) is 3.36. The van der Waals surface area contributed by atoms with Gasteiger partial charge in [-0.3, -0.25) is 9.48 Å². The molecule has 0 aliphatic rings. The van der Waals surface area contributed by atoms with Gasteiger partial charge in [0.25, 0.3) is 5.91 Å². The maximum Gasteiger partial charge on any atom is 0.261 e. The molecule has 0 spiro atoms. The Balaban J connectivity index is 1.58. The van der Waals surface area contributed by atoms with E-state index < -0.39 is 0 Å². The molecule has 3 heterocycles. The molecule has 110 valence electrons. The van der Waals surface area contributed by atoms with Crippen LogP contribution in [0.4, 0.5) is 0 Å². The van der Waals surface area contributed by atoms with E-state index in [0.717, 1.165) is 33.8 Å². The van der Waals surface area contributed by atoms with Gasteiger partial charge in [-0.05, 0) is 19.4 Å². The zero-order valence-corrected chi connectivity index (χ0v) is 12.9. The van der Waals surface area contributed by atoms with Gasteiger partial charge in [0.2, 0.25) is 0 Å². The minimum absolute atomic E-state index is 0.0127. The van der Waals surface area contributed by atoms with Gasteiger partial charge in [-0.15, -0.1) is 11.3 Å². The number of nitrogens with zero attached hydrogens (tertiary/aromatic N) is 4. The van der Waals surface area contributed by atoms with E-state index in [9.17, 15) is 4.79 Å². The van der Waals surface area contributed by atoms with Crippen LogP contribution >= 0.6 is 11.3 Å². The fourth-order valence-electron chi connectivity index (χ4n) is 2.29. The summed E-state index contributed by atoms with van der Waals surface area (Å²) < 4.78 is 3.83. The summed E-state index contributed by atoms with van der Waals surface area (Å²) in [4.78, 5) is 17.9. The van der Waals surface area contributed by atoms with Crippen LogP contribution < -0.4 is 5.32 Å². The van der Waals surface area contributed by atoms with Crippen molar-refractivity contribution in [1.82, 2.24) is 24.6 Å². The summed E-state index contributed by atoms with van der Waals surface area (Å²) in [5.41, 5.74) is 0.961. The minimum atomic E-state index is -0.0127. The average molecular weight is 303 g/mol. The monoisotopic (exact) mass is 303 g/mol. The predicted molar refractivity (Wildman–Crippen MR) is 82.5 cm³/mol. The molecule has 0 radical (unpaired) electrons. The molecule has 3 aromatic rings. The number of imidazole rings is 1. The van der Waals surface area contributed by atoms with Gasteiger partial charge in [0, 0.05) is 37.9 Å². The fourth-order valence-corrected chi connectivity index (χ4v) is 3.33. The van der Waals surface area contributed by atoms with E-state index in [0.29, 0.717) is 6.54 Å². The van der Waals surface area contributed by atoms with Crippen molar-refractivity contribution in [2.75, 3.05) is 6.54 Å². The molecule has 0 aromatic carbocycles. The number of carbonyl (C=O) groups is 1. The van der Waals surface area contributed by atoms with Crippen molar-refractivity contribution < 1.29 is 4.79 Å². The van der Waals surface area contributed by atoms with Crippen LogP contribution in [-0.2, 0) is 13.6 Å². The molecule has 7 heteroatoms. The number of aromatic nitrogens is 4. The summed E-state index contributed by atoms with van der Waals surface area (Å²) in [5, 5.41) is 8.36. The molecule has 0 atom stereocenters. The van der Waals surface area contributed by atoms with Crippen molar-refractivity contribution >= 4 is 27.5 Å². The van der Waals surface area contributed by atoms with Crippen LogP contribution in [0.25, 0.3) is 10.2 Å². The van der Waals surface area contributed by atoms with Crippen LogP contribution in [0.1, 0.15) is 21.8 Å². The Morgan fingerprint density at radius 2 is 2.33 bits per heavy atom. The highest BCUT2D eigenvalue weighted by Crippen LogP contribution is 2.27. The first kappa shape index (κ1) is 13.8. The minimum Gasteiger partial charge on any atom is -0.351 e. The molecule has 3 rings (SSSR count). The molecule has 0 saturated heterocycles. The Bertz CT molecular complexity index is 721. The number of aryl methyl sites for hydroxylation is 3. The zero-order valence-electron chi connectivity index (χ0n) is 12.0. The van der Waals surface area contributed by atoms with Crippen LogP contribution in [-0.4, -0.2) is 31.8 Å². The lowest BCUT2D eigenvalue weighted by atomic mass is 10.3. The second kappa shape index (κ2) is 5.69. The largest absolute Gasteiger partial charge is 0.351 e. The lowest BCUT2D eigenvalue weighted by molar-refractivity contribution is 0.0957. The molecule has 6 nitrogen and oxygen atoms in total. The van der Waals surface area contributed by atoms with Gasteiger partial charge in [0.15, 0.2) is 0 Å². The third kappa shape index (κ3) is 2.82. The van der Waals surface area contributed by atoms with Crippen molar-refractivity contribution in [2.45, 2.75) is 19.9 Å². The van der Waals surface area contributed by atoms with Gasteiger partial charge in [0.1, 0.15) is 4.83 Å². The van der Waals surface area contributed by atoms with Crippen molar-refractivity contribution in [3.8, 4) is 0 Å². The van der Waals surface area contributed by atoms with E-state index in [1.807, 2.05) is 35.5 Å². The van der Waals surface area contributed by atoms with Crippen LogP contribution in [0.5, 0.6) is 0 Å². The van der Waals surface area contributed by atoms with Crippen LogP contribution in [0.15, 0.2) is 24.8 Å². The second-order valence-corrected chi connectivity index (χ2v) is 5.98. The van der Waals surface area contributed by atoms with Gasteiger partial charge in [-0.1, -0.05) is 0 Å². The van der Waals surface area contributed by atoms with Crippen LogP contribution in [0.2, 0.25) is 0 Å². The topological polar surface area (TPSA) is 64.7 Å². The van der Waals surface area contributed by atoms with Crippen LogP contribution in [0, 0.1) is 6.92 Å². The van der Waals surface area contributed by atoms with Crippen LogP contribution in [0.3, 0.4) is 0 Å². The van der Waals surface area contributed by atoms with Gasteiger partial charge < -0.3 is 9.88 Å². The lowest BCUT2D eigenvalue weighted by Crippen LogP contribution is -2.24. The number of carbonyl (C=O) groups excluding carboxylic acids is 1. The molecule has 0 bridgehead atoms. The first-order chi connectivity index (χ1) is 10.1. The van der Waals surface area contributed by atoms with E-state index >= 15 is 0 Å². The molecule has 0 aliphatic heterocycles. The summed E-state index contributed by atoms with van der Waals surface area (Å²) in [7, 11) is 1.90. The SMILES string of the molecule is Cc1nn(C)c2sc(C(=O)NCCCn3ccnc3)cc12. The third-order valence-corrected chi connectivity index (χ3v) is 4.56. The van der Waals surface area contributed by atoms with Gasteiger partial charge in [-0.25, -0.2) is 4.98 Å². The van der Waals surface area contributed by atoms with Crippen molar-refractivity contribution in [1.29, 1.82) is 0 Å². The zero-order chi connectivity index (χ0) is 14.8. The Hall–Kier alpha value is -2.15. The average Bonchev–Trinajstić information content (AvgIpc) is 3.15. The number of thiophene rings is 1. The molecule has 3 aromatic heterocycles. The van der Waals surface area contributed by atoms with Gasteiger partial charge in [-0.2, -0.15) is 5.10 Å². The van der Waals surface area contributed by atoms with Crippen molar-refractivity contribution in [3.63, 3.8) is 0 Å². The smallest absolute Gasteiger partial charge is 0.261 e. The molecule has 21 heavy (non-hydrogen) atoms. The standard InChI is InChI=1S/C14H17N5OS/c1-10-11-8-12(21-14(11)18(2)17-10)13(20)16-4-3-6-19-7-5-15-9-19/h5,7-9H,3-4,6H2,1-2H3,(H,16,20). The number of amides is 1. The summed E-state index contributed by atoms with van der Waals surface area (Å²) in [6.45, 7) is 3.47. The molecule has 1 amide bonds. The van der Waals surface area contributed by atoms with E-state index in [4.69, 9.17) is 0 Å². The van der Waals surface area contributed by atoms with E-state index in [1.54, 1.807) is 12.5 Å². The summed E-state index contributed by atoms with van der Waals surface area (Å²) in [5.74, 6) is -0.0127. The van der Waals surface area contributed by atoms with Crippen molar-refractivity contribution in [3.05, 3.63) is 35.4 Å². The number of fused-ring (bicyclic) bond motifs is 1. The predicted octanol–water partition coefficient (Wildman–Crippen LogP) is 1.96. The van der Waals surface area contributed by atoms with E-state index in [-0.39, 0.29) is 5.91 Å². The van der Waals surface area contributed by atoms with E-state index in [1.165, 1.54) is 11.3 Å². The molecular formula is C14H17N5OS. The summed E-state index contributed by atoms with van der Waals surface area (Å²) in [6, 6.07) is 1.92. The first-order valence-corrected chi connectivity index (χ1v) is 7.64. The highest BCUT2D eigenvalue weighted by molar-refractivity contribution is 7.20. The maximum atomic E-state index is 12.1. The lowest BCUT2D eigenvalue weighted by Gasteiger charge is -2.04. The van der Waals surface area contributed by atoms with Crippen molar-refractivity contribution in [2.24, 2.45) is 7.05 Å². The Morgan fingerprint density at radius 1 is 1.48 bits per heavy atom. The normalized spacial score (nSPS) is 11.1. The second-order valence-electron chi connectivity index (χ2n) is 4.95. The van der Waals surface area contributed by atoms with E-state index in [2.05, 4.69) is 15.4 Å². The molecule has 1 N–H and O–H groups in total. The quantitative estimate of drug-likeness (QED) is 0.733. The maximum absolute atomic E-state index is 12.1. The molecule has 0 unspecified atom stereocenters. The molecular weight excluding hydrogens is 286 g/mol. The highest BCUT2D eigenvalue weighted by Gasteiger charge is 2.14.